The van der Waals surface area contributed by atoms with Crippen molar-refractivity contribution >= 4 is 11.8 Å². The van der Waals surface area contributed by atoms with Crippen LogP contribution in [0.4, 0.5) is 0 Å². The summed E-state index contributed by atoms with van der Waals surface area (Å²) < 4.78 is 0. The molecule has 1 aliphatic heterocycles. The molecule has 0 aromatic carbocycles. The van der Waals surface area contributed by atoms with Crippen LogP contribution in [0.15, 0.2) is 0 Å². The van der Waals surface area contributed by atoms with E-state index in [4.69, 9.17) is 5.26 Å². The Morgan fingerprint density at radius 3 is 2.40 bits per heavy atom. The molecule has 2 amide bonds. The maximum absolute atomic E-state index is 12.3. The fraction of sp³-hybridized carbons (Fsp3) is 0.800. The third kappa shape index (κ3) is 3.96. The third-order valence-electron chi connectivity index (χ3n) is 4.46. The summed E-state index contributed by atoms with van der Waals surface area (Å²) in [4.78, 5) is 25.5. The Morgan fingerprint density at radius 2 is 1.80 bits per heavy atom. The zero-order valence-electron chi connectivity index (χ0n) is 11.9. The molecule has 0 spiro atoms. The van der Waals surface area contributed by atoms with Gasteiger partial charge in [-0.3, -0.25) is 9.59 Å². The molecule has 0 unspecified atom stereocenters. The van der Waals surface area contributed by atoms with Gasteiger partial charge in [0.25, 0.3) is 0 Å². The van der Waals surface area contributed by atoms with Gasteiger partial charge >= 0.3 is 0 Å². The van der Waals surface area contributed by atoms with Crippen molar-refractivity contribution in [2.45, 2.75) is 44.9 Å². The van der Waals surface area contributed by atoms with E-state index in [0.717, 1.165) is 38.8 Å². The highest BCUT2D eigenvalue weighted by atomic mass is 16.2. The van der Waals surface area contributed by atoms with Crippen LogP contribution in [-0.2, 0) is 9.59 Å². The largest absolute Gasteiger partial charge is 0.355 e. The number of nitrogens with one attached hydrogen (secondary N) is 1. The molecule has 1 saturated heterocycles. The van der Waals surface area contributed by atoms with E-state index < -0.39 is 0 Å². The Labute approximate surface area is 120 Å². The second-order valence-corrected chi connectivity index (χ2v) is 5.89. The number of carbonyl (C=O) groups is 2. The van der Waals surface area contributed by atoms with Crippen LogP contribution in [0.25, 0.3) is 0 Å². The molecule has 110 valence electrons. The van der Waals surface area contributed by atoms with Crippen LogP contribution in [0, 0.1) is 23.2 Å². The van der Waals surface area contributed by atoms with Crippen LogP contribution < -0.4 is 5.32 Å². The lowest BCUT2D eigenvalue weighted by Gasteiger charge is -2.33. The van der Waals surface area contributed by atoms with Gasteiger partial charge in [0.15, 0.2) is 0 Å². The predicted octanol–water partition coefficient (Wildman–Crippen LogP) is 1.45. The molecule has 0 atom stereocenters. The molecule has 5 heteroatoms. The van der Waals surface area contributed by atoms with Crippen LogP contribution in [0.3, 0.4) is 0 Å². The summed E-state index contributed by atoms with van der Waals surface area (Å²) in [6, 6.07) is 1.84. The van der Waals surface area contributed by atoms with E-state index in [1.165, 1.54) is 12.8 Å². The van der Waals surface area contributed by atoms with Gasteiger partial charge in [0.1, 0.15) is 6.42 Å². The smallest absolute Gasteiger partial charge is 0.234 e. The molecule has 1 heterocycles. The van der Waals surface area contributed by atoms with Gasteiger partial charge in [-0.05, 0) is 31.6 Å². The maximum atomic E-state index is 12.3. The number of nitriles is 1. The minimum absolute atomic E-state index is 0.0704. The van der Waals surface area contributed by atoms with E-state index in [1.807, 2.05) is 11.0 Å². The van der Waals surface area contributed by atoms with Crippen LogP contribution in [0.1, 0.15) is 44.9 Å². The molecule has 1 saturated carbocycles. The normalized spacial score (nSPS) is 20.6. The van der Waals surface area contributed by atoms with Gasteiger partial charge in [0, 0.05) is 25.6 Å². The Morgan fingerprint density at radius 1 is 1.15 bits per heavy atom. The summed E-state index contributed by atoms with van der Waals surface area (Å²) in [5, 5.41) is 11.2. The van der Waals surface area contributed by atoms with Crippen molar-refractivity contribution in [3.05, 3.63) is 0 Å². The quantitative estimate of drug-likeness (QED) is 0.845. The van der Waals surface area contributed by atoms with Crippen molar-refractivity contribution in [1.29, 1.82) is 5.26 Å². The second-order valence-electron chi connectivity index (χ2n) is 5.89. The summed E-state index contributed by atoms with van der Waals surface area (Å²) >= 11 is 0. The Kier molecular flexibility index (Phi) is 5.40. The Hall–Kier alpha value is -1.57. The fourth-order valence-corrected chi connectivity index (χ4v) is 3.18. The highest BCUT2D eigenvalue weighted by Crippen LogP contribution is 2.28. The fourth-order valence-electron chi connectivity index (χ4n) is 3.18. The molecule has 0 aromatic heterocycles. The third-order valence-corrected chi connectivity index (χ3v) is 4.46. The summed E-state index contributed by atoms with van der Waals surface area (Å²) in [5.41, 5.74) is 0. The molecule has 0 aromatic rings. The maximum Gasteiger partial charge on any atom is 0.234 e. The van der Waals surface area contributed by atoms with Crippen molar-refractivity contribution in [2.24, 2.45) is 11.8 Å². The van der Waals surface area contributed by atoms with Crippen LogP contribution >= 0.6 is 0 Å². The summed E-state index contributed by atoms with van der Waals surface area (Å²) in [6.07, 6.45) is 6.33. The van der Waals surface area contributed by atoms with Gasteiger partial charge in [-0.25, -0.2) is 0 Å². The molecule has 1 N–H and O–H groups in total. The number of nitrogens with zero attached hydrogens (tertiary/aromatic N) is 2. The lowest BCUT2D eigenvalue weighted by Crippen LogP contribution is -2.43. The summed E-state index contributed by atoms with van der Waals surface area (Å²) in [6.45, 7) is 2.26. The van der Waals surface area contributed by atoms with Gasteiger partial charge < -0.3 is 10.2 Å². The van der Waals surface area contributed by atoms with Crippen LogP contribution in [0.5, 0.6) is 0 Å². The van der Waals surface area contributed by atoms with Gasteiger partial charge in [-0.2, -0.15) is 5.26 Å². The van der Waals surface area contributed by atoms with Crippen LogP contribution in [-0.4, -0.2) is 36.3 Å². The zero-order valence-corrected chi connectivity index (χ0v) is 11.9. The summed E-state index contributed by atoms with van der Waals surface area (Å²) in [5.74, 6) is 0.846. The molecule has 2 fully saturated rings. The molecule has 20 heavy (non-hydrogen) atoms. The first-order chi connectivity index (χ1) is 9.70. The van der Waals surface area contributed by atoms with Crippen molar-refractivity contribution < 1.29 is 9.59 Å². The molecule has 0 radical (unpaired) electrons. The van der Waals surface area contributed by atoms with Crippen molar-refractivity contribution in [1.82, 2.24) is 10.2 Å². The average molecular weight is 277 g/mol. The van der Waals surface area contributed by atoms with Gasteiger partial charge in [-0.1, -0.05) is 12.8 Å². The first-order valence-electron chi connectivity index (χ1n) is 7.63. The number of carbonyl (C=O) groups excluding carboxylic acids is 2. The molecule has 0 bridgehead atoms. The number of piperidine rings is 1. The first-order valence-corrected chi connectivity index (χ1v) is 7.63. The molecular formula is C15H23N3O2. The zero-order chi connectivity index (χ0) is 14.4. The second kappa shape index (κ2) is 7.28. The standard InChI is InChI=1S/C15H23N3O2/c16-8-5-14(19)17-11-12-6-9-18(10-7-12)15(20)13-3-1-2-4-13/h12-13H,1-7,9-11H2,(H,17,19). The Bertz CT molecular complexity index is 388. The number of rotatable bonds is 4. The van der Waals surface area contributed by atoms with Crippen molar-refractivity contribution in [3.8, 4) is 6.07 Å². The van der Waals surface area contributed by atoms with E-state index in [0.29, 0.717) is 18.4 Å². The van der Waals surface area contributed by atoms with Crippen LogP contribution in [0.2, 0.25) is 0 Å². The lowest BCUT2D eigenvalue weighted by molar-refractivity contribution is -0.136. The topological polar surface area (TPSA) is 73.2 Å². The summed E-state index contributed by atoms with van der Waals surface area (Å²) in [7, 11) is 0. The number of hydrogen-bond donors (Lipinski definition) is 1. The highest BCUT2D eigenvalue weighted by molar-refractivity contribution is 5.79. The molecule has 2 aliphatic rings. The highest BCUT2D eigenvalue weighted by Gasteiger charge is 2.29. The van der Waals surface area contributed by atoms with Gasteiger partial charge in [0.05, 0.1) is 6.07 Å². The van der Waals surface area contributed by atoms with Crippen molar-refractivity contribution in [2.75, 3.05) is 19.6 Å². The van der Waals surface area contributed by atoms with E-state index in [2.05, 4.69) is 5.32 Å². The number of hydrogen-bond acceptors (Lipinski definition) is 3. The molecule has 5 nitrogen and oxygen atoms in total. The van der Waals surface area contributed by atoms with Gasteiger partial charge in [0.2, 0.25) is 11.8 Å². The van der Waals surface area contributed by atoms with E-state index in [-0.39, 0.29) is 18.2 Å². The minimum atomic E-state index is -0.197. The average Bonchev–Trinajstić information content (AvgIpc) is 2.99. The predicted molar refractivity (Wildman–Crippen MR) is 74.5 cm³/mol. The molecule has 2 rings (SSSR count). The van der Waals surface area contributed by atoms with Gasteiger partial charge in [-0.15, -0.1) is 0 Å². The number of likely N-dealkylation sites (tertiary alicyclic amines) is 1. The SMILES string of the molecule is N#CCC(=O)NCC1CCN(C(=O)C2CCCC2)CC1. The monoisotopic (exact) mass is 277 g/mol. The number of amides is 2. The minimum Gasteiger partial charge on any atom is -0.355 e. The van der Waals surface area contributed by atoms with E-state index in [9.17, 15) is 9.59 Å². The first kappa shape index (κ1) is 14.8. The van der Waals surface area contributed by atoms with Crippen molar-refractivity contribution in [3.63, 3.8) is 0 Å². The molecule has 1 aliphatic carbocycles. The lowest BCUT2D eigenvalue weighted by atomic mass is 9.95. The molecular weight excluding hydrogens is 254 g/mol. The van der Waals surface area contributed by atoms with E-state index in [1.54, 1.807) is 0 Å². The Balaban J connectivity index is 1.68. The van der Waals surface area contributed by atoms with E-state index >= 15 is 0 Å².